The normalized spacial score (nSPS) is 28.6. The van der Waals surface area contributed by atoms with Gasteiger partial charge in [0.2, 0.25) is 0 Å². The summed E-state index contributed by atoms with van der Waals surface area (Å²) in [5, 5.41) is 11.2. The quantitative estimate of drug-likeness (QED) is 0.630. The van der Waals surface area contributed by atoms with Gasteiger partial charge < -0.3 is 19.2 Å². The molecule has 0 amide bonds. The highest BCUT2D eigenvalue weighted by molar-refractivity contribution is 6.62. The van der Waals surface area contributed by atoms with E-state index in [9.17, 15) is 9.90 Å². The highest BCUT2D eigenvalue weighted by Crippen LogP contribution is 2.41. The molecule has 0 unspecified atom stereocenters. The van der Waals surface area contributed by atoms with Crippen LogP contribution in [0.1, 0.15) is 66.0 Å². The average molecular weight is 389 g/mol. The Morgan fingerprint density at radius 1 is 1.18 bits per heavy atom. The number of pyridine rings is 1. The Morgan fingerprint density at radius 2 is 1.75 bits per heavy atom. The standard InChI is InChI=1S/C21H32BNO5/c1-19(2)20(3,4)28-22(27-19)16-11-12-17(23-13-16)21(5,25)15-9-7-14(8-10-15)18(24)26-6/h11-15,25H,7-10H2,1-6H3/t14?,15?,21-/m1/s1. The van der Waals surface area contributed by atoms with Crippen LogP contribution in [-0.2, 0) is 24.4 Å². The van der Waals surface area contributed by atoms with Crippen molar-refractivity contribution in [3.8, 4) is 0 Å². The SMILES string of the molecule is COC(=O)C1CCC([C@@](C)(O)c2ccc(B3OC(C)(C)C(C)(C)O3)cn2)CC1. The van der Waals surface area contributed by atoms with Crippen LogP contribution in [-0.4, -0.2) is 41.5 Å². The van der Waals surface area contributed by atoms with E-state index in [1.54, 1.807) is 6.20 Å². The number of hydrogen-bond donors (Lipinski definition) is 1. The van der Waals surface area contributed by atoms with Crippen LogP contribution in [0.5, 0.6) is 0 Å². The summed E-state index contributed by atoms with van der Waals surface area (Å²) in [7, 11) is 0.961. The zero-order valence-corrected chi connectivity index (χ0v) is 17.8. The molecule has 1 saturated heterocycles. The van der Waals surface area contributed by atoms with Crippen LogP contribution in [0, 0.1) is 11.8 Å². The van der Waals surface area contributed by atoms with Gasteiger partial charge in [0.25, 0.3) is 0 Å². The van der Waals surface area contributed by atoms with Gasteiger partial charge in [0, 0.05) is 11.7 Å². The highest BCUT2D eigenvalue weighted by atomic mass is 16.7. The van der Waals surface area contributed by atoms with E-state index < -0.39 is 23.9 Å². The van der Waals surface area contributed by atoms with Gasteiger partial charge in [0.05, 0.1) is 29.9 Å². The van der Waals surface area contributed by atoms with E-state index in [1.807, 2.05) is 46.8 Å². The second kappa shape index (κ2) is 7.43. The van der Waals surface area contributed by atoms with E-state index >= 15 is 0 Å². The fourth-order valence-electron chi connectivity index (χ4n) is 4.09. The van der Waals surface area contributed by atoms with E-state index in [0.29, 0.717) is 5.69 Å². The molecule has 0 spiro atoms. The summed E-state index contributed by atoms with van der Waals surface area (Å²) in [6.07, 6.45) is 4.74. The Morgan fingerprint density at radius 3 is 2.21 bits per heavy atom. The van der Waals surface area contributed by atoms with Gasteiger partial charge in [0.1, 0.15) is 5.60 Å². The van der Waals surface area contributed by atoms with E-state index in [1.165, 1.54) is 7.11 Å². The van der Waals surface area contributed by atoms with Gasteiger partial charge in [-0.1, -0.05) is 6.07 Å². The maximum absolute atomic E-state index is 11.7. The predicted octanol–water partition coefficient (Wildman–Crippen LogP) is 2.57. The summed E-state index contributed by atoms with van der Waals surface area (Å²) in [4.78, 5) is 16.3. The summed E-state index contributed by atoms with van der Waals surface area (Å²) in [6, 6.07) is 3.77. The smallest absolute Gasteiger partial charge is 0.469 e. The molecule has 1 aliphatic carbocycles. The van der Waals surface area contributed by atoms with E-state index in [-0.39, 0.29) is 17.8 Å². The van der Waals surface area contributed by atoms with Crippen molar-refractivity contribution in [1.29, 1.82) is 0 Å². The zero-order chi connectivity index (χ0) is 20.7. The molecule has 154 valence electrons. The summed E-state index contributed by atoms with van der Waals surface area (Å²) in [6.45, 7) is 9.88. The largest absolute Gasteiger partial charge is 0.496 e. The fraction of sp³-hybridized carbons (Fsp3) is 0.714. The number of carbonyl (C=O) groups is 1. The molecular weight excluding hydrogens is 357 g/mol. The fourth-order valence-corrected chi connectivity index (χ4v) is 4.09. The van der Waals surface area contributed by atoms with Gasteiger partial charge in [0.15, 0.2) is 0 Å². The van der Waals surface area contributed by atoms with Gasteiger partial charge in [-0.05, 0) is 72.3 Å². The molecule has 1 saturated carbocycles. The molecule has 28 heavy (non-hydrogen) atoms. The molecule has 1 N–H and O–H groups in total. The monoisotopic (exact) mass is 389 g/mol. The lowest BCUT2D eigenvalue weighted by Gasteiger charge is -2.37. The second-order valence-corrected chi connectivity index (χ2v) is 9.28. The summed E-state index contributed by atoms with van der Waals surface area (Å²) in [5.74, 6) is -0.151. The van der Waals surface area contributed by atoms with Crippen LogP contribution in [0.25, 0.3) is 0 Å². The van der Waals surface area contributed by atoms with Crippen LogP contribution < -0.4 is 5.46 Å². The Hall–Kier alpha value is -1.44. The molecule has 1 aromatic rings. The van der Waals surface area contributed by atoms with Gasteiger partial charge in [-0.2, -0.15) is 0 Å². The first kappa shape index (κ1) is 21.3. The Kier molecular flexibility index (Phi) is 5.65. The van der Waals surface area contributed by atoms with Crippen LogP contribution in [0.3, 0.4) is 0 Å². The molecule has 1 aliphatic heterocycles. The molecule has 6 nitrogen and oxygen atoms in total. The van der Waals surface area contributed by atoms with Crippen LogP contribution in [0.4, 0.5) is 0 Å². The average Bonchev–Trinajstić information content (AvgIpc) is 2.88. The minimum atomic E-state index is -1.05. The van der Waals surface area contributed by atoms with Crippen LogP contribution in [0.15, 0.2) is 18.3 Å². The van der Waals surface area contributed by atoms with Crippen molar-refractivity contribution < 1.29 is 23.9 Å². The third-order valence-corrected chi connectivity index (χ3v) is 6.89. The molecule has 7 heteroatoms. The first-order chi connectivity index (χ1) is 13.0. The maximum Gasteiger partial charge on any atom is 0.496 e. The lowest BCUT2D eigenvalue weighted by Crippen LogP contribution is -2.41. The Balaban J connectivity index is 1.69. The lowest BCUT2D eigenvalue weighted by atomic mass is 9.72. The third-order valence-electron chi connectivity index (χ3n) is 6.89. The van der Waals surface area contributed by atoms with Crippen LogP contribution in [0.2, 0.25) is 0 Å². The molecule has 0 aromatic carbocycles. The first-order valence-electron chi connectivity index (χ1n) is 10.1. The molecular formula is C21H32BNO5. The van der Waals surface area contributed by atoms with Gasteiger partial charge in [-0.15, -0.1) is 0 Å². The Bertz CT molecular complexity index is 692. The number of rotatable bonds is 4. The number of hydrogen-bond acceptors (Lipinski definition) is 6. The van der Waals surface area contributed by atoms with Crippen LogP contribution >= 0.6 is 0 Å². The number of carbonyl (C=O) groups excluding carboxylic acids is 1. The van der Waals surface area contributed by atoms with Gasteiger partial charge in [-0.25, -0.2) is 0 Å². The topological polar surface area (TPSA) is 77.9 Å². The number of aliphatic hydroxyl groups is 1. The summed E-state index contributed by atoms with van der Waals surface area (Å²) < 4.78 is 17.0. The minimum Gasteiger partial charge on any atom is -0.469 e. The predicted molar refractivity (Wildman–Crippen MR) is 107 cm³/mol. The van der Waals surface area contributed by atoms with Crippen molar-refractivity contribution in [3.63, 3.8) is 0 Å². The third kappa shape index (κ3) is 3.84. The maximum atomic E-state index is 11.7. The van der Waals surface area contributed by atoms with Gasteiger partial charge in [-0.3, -0.25) is 9.78 Å². The number of esters is 1. The molecule has 2 aliphatic rings. The summed E-state index contributed by atoms with van der Waals surface area (Å²) in [5.41, 5.74) is -0.377. The van der Waals surface area contributed by atoms with Crippen molar-refractivity contribution in [3.05, 3.63) is 24.0 Å². The van der Waals surface area contributed by atoms with Crippen molar-refractivity contribution in [2.24, 2.45) is 11.8 Å². The molecule has 1 atom stereocenters. The number of ether oxygens (including phenoxy) is 1. The molecule has 0 radical (unpaired) electrons. The first-order valence-corrected chi connectivity index (χ1v) is 10.1. The van der Waals surface area contributed by atoms with Crippen molar-refractivity contribution in [2.45, 2.75) is 77.1 Å². The molecule has 2 heterocycles. The number of nitrogens with zero attached hydrogens (tertiary/aromatic N) is 1. The molecule has 0 bridgehead atoms. The van der Waals surface area contributed by atoms with E-state index in [4.69, 9.17) is 14.0 Å². The molecule has 3 rings (SSSR count). The molecule has 2 fully saturated rings. The van der Waals surface area contributed by atoms with Crippen molar-refractivity contribution in [2.75, 3.05) is 7.11 Å². The summed E-state index contributed by atoms with van der Waals surface area (Å²) >= 11 is 0. The number of methoxy groups -OCH3 is 1. The highest BCUT2D eigenvalue weighted by Gasteiger charge is 2.52. The van der Waals surface area contributed by atoms with E-state index in [0.717, 1.165) is 31.1 Å². The Labute approximate surface area is 168 Å². The number of aromatic nitrogens is 1. The lowest BCUT2D eigenvalue weighted by molar-refractivity contribution is -0.148. The molecule has 1 aromatic heterocycles. The van der Waals surface area contributed by atoms with Crippen molar-refractivity contribution >= 4 is 18.6 Å². The van der Waals surface area contributed by atoms with Crippen molar-refractivity contribution in [1.82, 2.24) is 4.98 Å². The zero-order valence-electron chi connectivity index (χ0n) is 17.8. The minimum absolute atomic E-state index is 0.0589. The van der Waals surface area contributed by atoms with E-state index in [2.05, 4.69) is 4.98 Å². The second-order valence-electron chi connectivity index (χ2n) is 9.28. The van der Waals surface area contributed by atoms with Gasteiger partial charge >= 0.3 is 13.1 Å².